The van der Waals surface area contributed by atoms with Gasteiger partial charge in [0.2, 0.25) is 0 Å². The number of fused-ring (bicyclic) bond motifs is 1. The maximum absolute atomic E-state index is 12.8. The van der Waals surface area contributed by atoms with Gasteiger partial charge in [-0.1, -0.05) is 29.8 Å². The summed E-state index contributed by atoms with van der Waals surface area (Å²) in [5.74, 6) is -0.652. The number of amides is 1. The number of sulfonamides is 1. The Labute approximate surface area is 196 Å². The Morgan fingerprint density at radius 2 is 1.85 bits per heavy atom. The predicted octanol–water partition coefficient (Wildman–Crippen LogP) is 4.39. The monoisotopic (exact) mass is 481 g/mol. The van der Waals surface area contributed by atoms with E-state index in [9.17, 15) is 13.2 Å². The molecule has 1 saturated heterocycles. The van der Waals surface area contributed by atoms with Crippen molar-refractivity contribution in [3.63, 3.8) is 0 Å². The SMILES string of the molecule is O=C(Nc1ccc(Cl)c(C2=Nc3ccccc3C2)c1)c1ccc(N2CCOCS2(=O)=O)cc1. The van der Waals surface area contributed by atoms with Crippen LogP contribution in [0.4, 0.5) is 17.1 Å². The third kappa shape index (κ3) is 4.37. The summed E-state index contributed by atoms with van der Waals surface area (Å²) in [4.78, 5) is 17.5. The molecule has 1 fully saturated rings. The van der Waals surface area contributed by atoms with Crippen LogP contribution in [0.2, 0.25) is 5.02 Å². The fourth-order valence-electron chi connectivity index (χ4n) is 3.90. The molecule has 9 heteroatoms. The molecule has 0 atom stereocenters. The number of nitrogens with zero attached hydrogens (tertiary/aromatic N) is 2. The molecule has 0 saturated carbocycles. The third-order valence-corrected chi connectivity index (χ3v) is 7.42. The number of halogens is 1. The van der Waals surface area contributed by atoms with Crippen molar-refractivity contribution in [1.29, 1.82) is 0 Å². The van der Waals surface area contributed by atoms with Crippen molar-refractivity contribution in [3.05, 3.63) is 88.4 Å². The van der Waals surface area contributed by atoms with E-state index < -0.39 is 10.0 Å². The van der Waals surface area contributed by atoms with E-state index in [4.69, 9.17) is 16.3 Å². The number of hydrogen-bond donors (Lipinski definition) is 1. The lowest BCUT2D eigenvalue weighted by Gasteiger charge is -2.28. The maximum Gasteiger partial charge on any atom is 0.259 e. The zero-order chi connectivity index (χ0) is 23.0. The highest BCUT2D eigenvalue weighted by Gasteiger charge is 2.26. The minimum Gasteiger partial charge on any atom is -0.362 e. The molecule has 5 rings (SSSR count). The molecule has 2 aliphatic heterocycles. The summed E-state index contributed by atoms with van der Waals surface area (Å²) in [6.07, 6.45) is 0.680. The van der Waals surface area contributed by atoms with Crippen molar-refractivity contribution in [2.75, 3.05) is 28.7 Å². The van der Waals surface area contributed by atoms with Crippen molar-refractivity contribution in [1.82, 2.24) is 0 Å². The van der Waals surface area contributed by atoms with Gasteiger partial charge in [0.1, 0.15) is 0 Å². The van der Waals surface area contributed by atoms with E-state index in [1.54, 1.807) is 36.4 Å². The summed E-state index contributed by atoms with van der Waals surface area (Å²) in [5, 5.41) is 3.45. The van der Waals surface area contributed by atoms with Crippen LogP contribution < -0.4 is 9.62 Å². The summed E-state index contributed by atoms with van der Waals surface area (Å²) in [6, 6.07) is 19.7. The first-order chi connectivity index (χ1) is 15.9. The molecule has 0 aliphatic carbocycles. The normalized spacial score (nSPS) is 16.8. The van der Waals surface area contributed by atoms with Crippen LogP contribution in [0, 0.1) is 0 Å². The lowest BCUT2D eigenvalue weighted by Crippen LogP contribution is -2.41. The van der Waals surface area contributed by atoms with Gasteiger partial charge in [0, 0.05) is 28.3 Å². The van der Waals surface area contributed by atoms with Gasteiger partial charge in [-0.25, -0.2) is 8.42 Å². The largest absolute Gasteiger partial charge is 0.362 e. The minimum absolute atomic E-state index is 0.245. The van der Waals surface area contributed by atoms with Crippen LogP contribution in [0.5, 0.6) is 0 Å². The van der Waals surface area contributed by atoms with E-state index in [1.165, 1.54) is 4.31 Å². The van der Waals surface area contributed by atoms with E-state index >= 15 is 0 Å². The van der Waals surface area contributed by atoms with Crippen LogP contribution in [0.15, 0.2) is 71.7 Å². The zero-order valence-electron chi connectivity index (χ0n) is 17.5. The van der Waals surface area contributed by atoms with E-state index in [0.717, 1.165) is 22.5 Å². The van der Waals surface area contributed by atoms with Gasteiger partial charge in [0.15, 0.2) is 5.94 Å². The first kappa shape index (κ1) is 21.6. The van der Waals surface area contributed by atoms with Crippen molar-refractivity contribution in [2.24, 2.45) is 4.99 Å². The summed E-state index contributed by atoms with van der Waals surface area (Å²) >= 11 is 6.43. The van der Waals surface area contributed by atoms with E-state index in [0.29, 0.717) is 35.0 Å². The van der Waals surface area contributed by atoms with Crippen molar-refractivity contribution >= 4 is 50.3 Å². The van der Waals surface area contributed by atoms with Crippen LogP contribution in [0.1, 0.15) is 21.5 Å². The Morgan fingerprint density at radius 1 is 1.06 bits per heavy atom. The molecule has 0 radical (unpaired) electrons. The number of ether oxygens (including phenoxy) is 1. The molecule has 33 heavy (non-hydrogen) atoms. The van der Waals surface area contributed by atoms with Gasteiger partial charge in [-0.3, -0.25) is 14.1 Å². The third-order valence-electron chi connectivity index (χ3n) is 5.56. The molecule has 0 spiro atoms. The Hall–Kier alpha value is -3.20. The Morgan fingerprint density at radius 3 is 2.61 bits per heavy atom. The number of para-hydroxylation sites is 1. The number of benzene rings is 3. The highest BCUT2D eigenvalue weighted by atomic mass is 35.5. The van der Waals surface area contributed by atoms with Crippen LogP contribution >= 0.6 is 11.6 Å². The molecule has 0 aromatic heterocycles. The number of hydrogen-bond acceptors (Lipinski definition) is 5. The maximum atomic E-state index is 12.8. The average Bonchev–Trinajstić information content (AvgIpc) is 3.24. The highest BCUT2D eigenvalue weighted by Crippen LogP contribution is 2.32. The lowest BCUT2D eigenvalue weighted by molar-refractivity contribution is 0.102. The van der Waals surface area contributed by atoms with E-state index in [-0.39, 0.29) is 18.4 Å². The first-order valence-electron chi connectivity index (χ1n) is 10.4. The Balaban J connectivity index is 1.33. The molecule has 3 aromatic carbocycles. The molecule has 3 aromatic rings. The number of carbonyl (C=O) groups excluding carboxylic acids is 1. The van der Waals surface area contributed by atoms with Gasteiger partial charge in [-0.2, -0.15) is 0 Å². The number of anilines is 2. The molecule has 7 nitrogen and oxygen atoms in total. The molecule has 2 aliphatic rings. The molecule has 0 bridgehead atoms. The molecular formula is C24H20ClN3O4S. The molecule has 2 heterocycles. The van der Waals surface area contributed by atoms with Gasteiger partial charge in [-0.15, -0.1) is 0 Å². The topological polar surface area (TPSA) is 88.1 Å². The van der Waals surface area contributed by atoms with Gasteiger partial charge < -0.3 is 10.1 Å². The summed E-state index contributed by atoms with van der Waals surface area (Å²) in [5.41, 5.74) is 5.21. The molecule has 1 N–H and O–H groups in total. The minimum atomic E-state index is -3.51. The van der Waals surface area contributed by atoms with Gasteiger partial charge in [0.05, 0.1) is 30.2 Å². The standard InChI is InChI=1S/C24H20ClN3O4S/c25-21-10-7-18(14-20(21)23-13-17-3-1-2-4-22(17)27-23)26-24(29)16-5-8-19(9-6-16)28-11-12-32-15-33(28,30)31/h1-10,14H,11-13,15H2,(H,26,29). The highest BCUT2D eigenvalue weighted by molar-refractivity contribution is 7.92. The van der Waals surface area contributed by atoms with Crippen LogP contribution in [0.25, 0.3) is 0 Å². The lowest BCUT2D eigenvalue weighted by atomic mass is 10.0. The average molecular weight is 482 g/mol. The molecule has 1 amide bonds. The van der Waals surface area contributed by atoms with Crippen molar-refractivity contribution in [3.8, 4) is 0 Å². The number of nitrogens with one attached hydrogen (secondary N) is 1. The number of rotatable bonds is 4. The summed E-state index contributed by atoms with van der Waals surface area (Å²) in [6.45, 7) is 0.575. The first-order valence-corrected chi connectivity index (χ1v) is 12.3. The van der Waals surface area contributed by atoms with Gasteiger partial charge in [0.25, 0.3) is 15.9 Å². The van der Waals surface area contributed by atoms with E-state index in [1.807, 2.05) is 30.3 Å². The smallest absolute Gasteiger partial charge is 0.259 e. The van der Waals surface area contributed by atoms with Crippen LogP contribution in [-0.2, 0) is 21.2 Å². The fraction of sp³-hybridized carbons (Fsp3) is 0.167. The molecule has 168 valence electrons. The summed E-state index contributed by atoms with van der Waals surface area (Å²) < 4.78 is 30.7. The summed E-state index contributed by atoms with van der Waals surface area (Å²) in [7, 11) is -3.51. The van der Waals surface area contributed by atoms with Crippen molar-refractivity contribution in [2.45, 2.75) is 6.42 Å². The fourth-order valence-corrected chi connectivity index (χ4v) is 5.38. The molecule has 0 unspecified atom stereocenters. The second-order valence-corrected chi connectivity index (χ2v) is 10.0. The Kier molecular flexibility index (Phi) is 5.65. The second kappa shape index (κ2) is 8.62. The number of carbonyl (C=O) groups is 1. The van der Waals surface area contributed by atoms with Gasteiger partial charge in [-0.05, 0) is 54.1 Å². The predicted molar refractivity (Wildman–Crippen MR) is 129 cm³/mol. The number of aliphatic imine (C=N–C) groups is 1. The van der Waals surface area contributed by atoms with Crippen LogP contribution in [-0.4, -0.2) is 39.1 Å². The zero-order valence-corrected chi connectivity index (χ0v) is 19.1. The van der Waals surface area contributed by atoms with Crippen molar-refractivity contribution < 1.29 is 17.9 Å². The molecular weight excluding hydrogens is 462 g/mol. The quantitative estimate of drug-likeness (QED) is 0.598. The van der Waals surface area contributed by atoms with Gasteiger partial charge >= 0.3 is 0 Å². The van der Waals surface area contributed by atoms with E-state index in [2.05, 4.69) is 10.3 Å². The Bertz CT molecular complexity index is 1370. The second-order valence-electron chi connectivity index (χ2n) is 7.77. The van der Waals surface area contributed by atoms with Crippen LogP contribution in [0.3, 0.4) is 0 Å².